The first-order valence-electron chi connectivity index (χ1n) is 6.19. The molecule has 0 aliphatic heterocycles. The fourth-order valence-corrected chi connectivity index (χ4v) is 1.99. The first-order chi connectivity index (χ1) is 7.40. The topological polar surface area (TPSA) is 20.2 Å². The molecule has 1 aromatic carbocycles. The van der Waals surface area contributed by atoms with Gasteiger partial charge in [0.25, 0.3) is 0 Å². The fourth-order valence-electron chi connectivity index (χ4n) is 1.99. The molecular formula is C15H24O. The minimum absolute atomic E-state index is 0.0985. The number of aryl methyl sites for hydroxylation is 2. The molecule has 0 fully saturated rings. The van der Waals surface area contributed by atoms with E-state index in [0.717, 1.165) is 18.4 Å². The summed E-state index contributed by atoms with van der Waals surface area (Å²) in [6.45, 7) is 10.5. The molecule has 0 saturated heterocycles. The van der Waals surface area contributed by atoms with Crippen LogP contribution in [0.2, 0.25) is 0 Å². The molecule has 1 unspecified atom stereocenters. The Morgan fingerprint density at radius 3 is 2.06 bits per heavy atom. The second-order valence-corrected chi connectivity index (χ2v) is 5.50. The Balaban J connectivity index is 3.08. The van der Waals surface area contributed by atoms with Crippen molar-refractivity contribution in [1.29, 1.82) is 0 Å². The van der Waals surface area contributed by atoms with Gasteiger partial charge >= 0.3 is 0 Å². The van der Waals surface area contributed by atoms with Crippen LogP contribution in [0.1, 0.15) is 57.4 Å². The Morgan fingerprint density at radius 2 is 1.62 bits per heavy atom. The average molecular weight is 220 g/mol. The van der Waals surface area contributed by atoms with E-state index in [4.69, 9.17) is 0 Å². The van der Waals surface area contributed by atoms with Crippen molar-refractivity contribution in [3.63, 3.8) is 0 Å². The van der Waals surface area contributed by atoms with E-state index in [9.17, 15) is 5.11 Å². The van der Waals surface area contributed by atoms with Crippen LogP contribution in [-0.4, -0.2) is 5.11 Å². The number of aliphatic hydroxyl groups excluding tert-OH is 1. The van der Waals surface area contributed by atoms with Gasteiger partial charge in [-0.3, -0.25) is 0 Å². The van der Waals surface area contributed by atoms with Crippen LogP contribution in [0.4, 0.5) is 0 Å². The minimum atomic E-state index is -0.385. The van der Waals surface area contributed by atoms with Gasteiger partial charge in [0.05, 0.1) is 6.10 Å². The lowest BCUT2D eigenvalue weighted by Gasteiger charge is -2.27. The lowest BCUT2D eigenvalue weighted by molar-refractivity contribution is 0.0626. The van der Waals surface area contributed by atoms with Gasteiger partial charge < -0.3 is 5.11 Å². The van der Waals surface area contributed by atoms with Gasteiger partial charge in [-0.25, -0.2) is 0 Å². The number of aliphatic hydroxyl groups is 1. The van der Waals surface area contributed by atoms with Crippen LogP contribution in [0, 0.1) is 5.41 Å². The van der Waals surface area contributed by atoms with Gasteiger partial charge in [-0.1, -0.05) is 52.8 Å². The van der Waals surface area contributed by atoms with Gasteiger partial charge in [-0.2, -0.15) is 0 Å². The van der Waals surface area contributed by atoms with Gasteiger partial charge in [0, 0.05) is 0 Å². The van der Waals surface area contributed by atoms with E-state index in [1.54, 1.807) is 0 Å². The van der Waals surface area contributed by atoms with Crippen molar-refractivity contribution in [2.75, 3.05) is 0 Å². The highest BCUT2D eigenvalue weighted by Gasteiger charge is 2.24. The lowest BCUT2D eigenvalue weighted by atomic mass is 9.83. The standard InChI is InChI=1S/C15H24O/c1-6-11-8-9-13(10-12(11)7-2)14(16)15(3,4)5/h8-10,14,16H,6-7H2,1-5H3. The zero-order chi connectivity index (χ0) is 12.3. The van der Waals surface area contributed by atoms with Crippen LogP contribution >= 0.6 is 0 Å². The monoisotopic (exact) mass is 220 g/mol. The minimum Gasteiger partial charge on any atom is -0.388 e. The maximum absolute atomic E-state index is 10.2. The van der Waals surface area contributed by atoms with Crippen molar-refractivity contribution >= 4 is 0 Å². The highest BCUT2D eigenvalue weighted by Crippen LogP contribution is 2.33. The predicted molar refractivity (Wildman–Crippen MR) is 69.6 cm³/mol. The van der Waals surface area contributed by atoms with E-state index in [2.05, 4.69) is 52.8 Å². The van der Waals surface area contributed by atoms with Crippen LogP contribution in [0.5, 0.6) is 0 Å². The van der Waals surface area contributed by atoms with Crippen LogP contribution in [0.25, 0.3) is 0 Å². The summed E-state index contributed by atoms with van der Waals surface area (Å²) < 4.78 is 0. The molecule has 0 radical (unpaired) electrons. The fraction of sp³-hybridized carbons (Fsp3) is 0.600. The highest BCUT2D eigenvalue weighted by atomic mass is 16.3. The van der Waals surface area contributed by atoms with Gasteiger partial charge in [-0.15, -0.1) is 0 Å². The highest BCUT2D eigenvalue weighted by molar-refractivity contribution is 5.33. The summed E-state index contributed by atoms with van der Waals surface area (Å²) >= 11 is 0. The van der Waals surface area contributed by atoms with Gasteiger partial charge in [0.15, 0.2) is 0 Å². The lowest BCUT2D eigenvalue weighted by Crippen LogP contribution is -2.18. The maximum Gasteiger partial charge on any atom is 0.0838 e. The van der Waals surface area contributed by atoms with Gasteiger partial charge in [-0.05, 0) is 34.9 Å². The smallest absolute Gasteiger partial charge is 0.0838 e. The molecule has 0 saturated carbocycles. The second-order valence-electron chi connectivity index (χ2n) is 5.50. The third-order valence-corrected chi connectivity index (χ3v) is 3.13. The zero-order valence-electron chi connectivity index (χ0n) is 11.2. The Labute approximate surface area is 99.5 Å². The normalized spacial score (nSPS) is 13.9. The molecule has 90 valence electrons. The number of rotatable bonds is 3. The molecule has 1 rings (SSSR count). The zero-order valence-corrected chi connectivity index (χ0v) is 11.2. The molecule has 0 spiro atoms. The van der Waals surface area contributed by atoms with Crippen molar-refractivity contribution in [3.05, 3.63) is 34.9 Å². The first-order valence-corrected chi connectivity index (χ1v) is 6.19. The van der Waals surface area contributed by atoms with Gasteiger partial charge in [0.1, 0.15) is 0 Å². The van der Waals surface area contributed by atoms with Crippen molar-refractivity contribution in [2.45, 2.75) is 53.6 Å². The van der Waals surface area contributed by atoms with Crippen LogP contribution in [0.3, 0.4) is 0 Å². The van der Waals surface area contributed by atoms with Crippen molar-refractivity contribution < 1.29 is 5.11 Å². The molecule has 0 amide bonds. The van der Waals surface area contributed by atoms with Crippen LogP contribution < -0.4 is 0 Å². The molecule has 0 aliphatic rings. The predicted octanol–water partition coefficient (Wildman–Crippen LogP) is 3.89. The van der Waals surface area contributed by atoms with E-state index < -0.39 is 0 Å². The van der Waals surface area contributed by atoms with E-state index in [-0.39, 0.29) is 11.5 Å². The molecule has 1 N–H and O–H groups in total. The Hall–Kier alpha value is -0.820. The number of benzene rings is 1. The maximum atomic E-state index is 10.2. The summed E-state index contributed by atoms with van der Waals surface area (Å²) in [6.07, 6.45) is 1.71. The van der Waals surface area contributed by atoms with Crippen LogP contribution in [-0.2, 0) is 12.8 Å². The number of hydrogen-bond donors (Lipinski definition) is 1. The summed E-state index contributed by atoms with van der Waals surface area (Å²) in [5.41, 5.74) is 3.70. The summed E-state index contributed by atoms with van der Waals surface area (Å²) in [7, 11) is 0. The van der Waals surface area contributed by atoms with Crippen LogP contribution in [0.15, 0.2) is 18.2 Å². The summed E-state index contributed by atoms with van der Waals surface area (Å²) in [6, 6.07) is 6.38. The summed E-state index contributed by atoms with van der Waals surface area (Å²) in [5.74, 6) is 0. The molecule has 1 atom stereocenters. The molecule has 1 aromatic rings. The van der Waals surface area contributed by atoms with Crippen molar-refractivity contribution in [3.8, 4) is 0 Å². The second kappa shape index (κ2) is 5.01. The third-order valence-electron chi connectivity index (χ3n) is 3.13. The molecule has 16 heavy (non-hydrogen) atoms. The summed E-state index contributed by atoms with van der Waals surface area (Å²) in [5, 5.41) is 10.2. The van der Waals surface area contributed by atoms with Crippen molar-refractivity contribution in [1.82, 2.24) is 0 Å². The Morgan fingerprint density at radius 1 is 1.06 bits per heavy atom. The van der Waals surface area contributed by atoms with Crippen molar-refractivity contribution in [2.24, 2.45) is 5.41 Å². The molecule has 0 bridgehead atoms. The first kappa shape index (κ1) is 13.2. The third kappa shape index (κ3) is 2.85. The molecule has 1 nitrogen and oxygen atoms in total. The summed E-state index contributed by atoms with van der Waals surface area (Å²) in [4.78, 5) is 0. The van der Waals surface area contributed by atoms with E-state index in [1.165, 1.54) is 11.1 Å². The number of hydrogen-bond acceptors (Lipinski definition) is 1. The quantitative estimate of drug-likeness (QED) is 0.819. The van der Waals surface area contributed by atoms with E-state index in [0.29, 0.717) is 0 Å². The average Bonchev–Trinajstić information content (AvgIpc) is 2.25. The van der Waals surface area contributed by atoms with E-state index >= 15 is 0 Å². The molecule has 0 heterocycles. The largest absolute Gasteiger partial charge is 0.388 e. The molecule has 1 heteroatoms. The molecule has 0 aliphatic carbocycles. The van der Waals surface area contributed by atoms with E-state index in [1.807, 2.05) is 0 Å². The Bertz CT molecular complexity index is 347. The Kier molecular flexibility index (Phi) is 4.15. The molecular weight excluding hydrogens is 196 g/mol. The van der Waals surface area contributed by atoms with Gasteiger partial charge in [0.2, 0.25) is 0 Å². The molecule has 0 aromatic heterocycles. The SMILES string of the molecule is CCc1ccc(C(O)C(C)(C)C)cc1CC.